The third-order valence-electron chi connectivity index (χ3n) is 4.51. The fraction of sp³-hybridized carbons (Fsp3) is 0.278. The van der Waals surface area contributed by atoms with E-state index in [1.54, 1.807) is 31.2 Å². The van der Waals surface area contributed by atoms with E-state index in [4.69, 9.17) is 22.1 Å². The molecule has 0 bridgehead atoms. The maximum absolute atomic E-state index is 13.1. The third kappa shape index (κ3) is 3.17. The summed E-state index contributed by atoms with van der Waals surface area (Å²) >= 11 is 9.19. The molecule has 2 aromatic rings. The van der Waals surface area contributed by atoms with Crippen LogP contribution in [-0.2, 0) is 19.4 Å². The lowest BCUT2D eigenvalue weighted by molar-refractivity contribution is -0.145. The fourth-order valence-electron chi connectivity index (χ4n) is 3.20. The molecule has 3 atom stereocenters. The van der Waals surface area contributed by atoms with Crippen molar-refractivity contribution in [1.29, 1.82) is 0 Å². The highest BCUT2D eigenvalue weighted by atomic mass is 79.9. The SMILES string of the molecule is CCOC(=O)C1(N)C(c2ccc(Br)cc2)C1S(=O)(=O)c1ccc(Cl)cc1. The molecule has 1 saturated carbocycles. The maximum atomic E-state index is 13.1. The zero-order valence-electron chi connectivity index (χ0n) is 13.9. The third-order valence-corrected chi connectivity index (χ3v) is 7.55. The molecule has 2 aromatic carbocycles. The lowest BCUT2D eigenvalue weighted by atomic mass is 10.1. The lowest BCUT2D eigenvalue weighted by Crippen LogP contribution is -2.41. The van der Waals surface area contributed by atoms with Gasteiger partial charge in [-0.1, -0.05) is 39.7 Å². The number of esters is 1. The Kier molecular flexibility index (Phi) is 5.18. The van der Waals surface area contributed by atoms with Crippen molar-refractivity contribution in [1.82, 2.24) is 0 Å². The van der Waals surface area contributed by atoms with Crippen molar-refractivity contribution in [3.05, 3.63) is 63.6 Å². The summed E-state index contributed by atoms with van der Waals surface area (Å²) in [5.41, 5.74) is 5.35. The molecular formula is C18H17BrClNO4S. The Hall–Kier alpha value is -1.41. The lowest BCUT2D eigenvalue weighted by Gasteiger charge is -2.11. The molecule has 2 N–H and O–H groups in total. The minimum Gasteiger partial charge on any atom is -0.465 e. The summed E-state index contributed by atoms with van der Waals surface area (Å²) in [5, 5.41) is -0.676. The first-order chi connectivity index (χ1) is 12.2. The van der Waals surface area contributed by atoms with Crippen LogP contribution < -0.4 is 5.73 Å². The number of carbonyl (C=O) groups is 1. The molecule has 1 aliphatic carbocycles. The summed E-state index contributed by atoms with van der Waals surface area (Å²) < 4.78 is 32.2. The summed E-state index contributed by atoms with van der Waals surface area (Å²) in [6.07, 6.45) is 0. The Morgan fingerprint density at radius 1 is 1.19 bits per heavy atom. The van der Waals surface area contributed by atoms with E-state index in [-0.39, 0.29) is 11.5 Å². The first kappa shape index (κ1) is 19.4. The average Bonchev–Trinajstić information content (AvgIpc) is 3.25. The molecule has 5 nitrogen and oxygen atoms in total. The van der Waals surface area contributed by atoms with Gasteiger partial charge in [0.15, 0.2) is 9.84 Å². The van der Waals surface area contributed by atoms with Gasteiger partial charge in [0.25, 0.3) is 0 Å². The van der Waals surface area contributed by atoms with Gasteiger partial charge < -0.3 is 10.5 Å². The van der Waals surface area contributed by atoms with Crippen LogP contribution in [0.1, 0.15) is 18.4 Å². The van der Waals surface area contributed by atoms with E-state index in [0.717, 1.165) is 4.47 Å². The van der Waals surface area contributed by atoms with Gasteiger partial charge in [0.1, 0.15) is 10.8 Å². The summed E-state index contributed by atoms with van der Waals surface area (Å²) in [6.45, 7) is 1.78. The molecule has 26 heavy (non-hydrogen) atoms. The van der Waals surface area contributed by atoms with Crippen LogP contribution in [-0.4, -0.2) is 31.8 Å². The van der Waals surface area contributed by atoms with E-state index in [1.165, 1.54) is 24.3 Å². The van der Waals surface area contributed by atoms with Gasteiger partial charge in [0, 0.05) is 15.4 Å². The summed E-state index contributed by atoms with van der Waals surface area (Å²) in [4.78, 5) is 12.6. The van der Waals surface area contributed by atoms with E-state index < -0.39 is 32.5 Å². The fourth-order valence-corrected chi connectivity index (χ4v) is 5.82. The predicted molar refractivity (Wildman–Crippen MR) is 103 cm³/mol. The van der Waals surface area contributed by atoms with Crippen LogP contribution in [0.4, 0.5) is 0 Å². The number of carbonyl (C=O) groups excluding carboxylic acids is 1. The quantitative estimate of drug-likeness (QED) is 0.695. The van der Waals surface area contributed by atoms with E-state index in [2.05, 4.69) is 15.9 Å². The van der Waals surface area contributed by atoms with Crippen molar-refractivity contribution in [3.63, 3.8) is 0 Å². The number of nitrogens with two attached hydrogens (primary N) is 1. The highest BCUT2D eigenvalue weighted by Gasteiger charge is 2.74. The number of sulfone groups is 1. The van der Waals surface area contributed by atoms with Gasteiger partial charge in [-0.25, -0.2) is 13.2 Å². The molecule has 3 rings (SSSR count). The van der Waals surface area contributed by atoms with Gasteiger partial charge in [-0.3, -0.25) is 0 Å². The van der Waals surface area contributed by atoms with Gasteiger partial charge in [-0.05, 0) is 48.9 Å². The summed E-state index contributed by atoms with van der Waals surface area (Å²) in [5.74, 6) is -1.40. The molecular weight excluding hydrogens is 442 g/mol. The monoisotopic (exact) mass is 457 g/mol. The molecule has 0 aliphatic heterocycles. The zero-order chi connectivity index (χ0) is 19.1. The number of hydrogen-bond acceptors (Lipinski definition) is 5. The van der Waals surface area contributed by atoms with Crippen LogP contribution in [0.3, 0.4) is 0 Å². The van der Waals surface area contributed by atoms with Gasteiger partial charge in [0.05, 0.1) is 11.5 Å². The Balaban J connectivity index is 2.06. The standard InChI is InChI=1S/C18H17BrClNO4S/c1-2-25-17(22)18(21)15(11-3-5-12(19)6-4-11)16(18)26(23,24)14-9-7-13(20)8-10-14/h3-10,15-16H,2,21H2,1H3. The van der Waals surface area contributed by atoms with Crippen LogP contribution in [0.15, 0.2) is 57.9 Å². The molecule has 0 amide bonds. The summed E-state index contributed by atoms with van der Waals surface area (Å²) in [6, 6.07) is 12.9. The van der Waals surface area contributed by atoms with Crippen LogP contribution in [0.2, 0.25) is 5.02 Å². The van der Waals surface area contributed by atoms with Crippen molar-refractivity contribution >= 4 is 43.3 Å². The van der Waals surface area contributed by atoms with Crippen molar-refractivity contribution in [3.8, 4) is 0 Å². The second-order valence-corrected chi connectivity index (χ2v) is 9.52. The number of benzene rings is 2. The van der Waals surface area contributed by atoms with Crippen molar-refractivity contribution < 1.29 is 17.9 Å². The van der Waals surface area contributed by atoms with E-state index in [1.807, 2.05) is 0 Å². The van der Waals surface area contributed by atoms with Crippen molar-refractivity contribution in [2.24, 2.45) is 5.73 Å². The molecule has 3 unspecified atom stereocenters. The molecule has 138 valence electrons. The maximum Gasteiger partial charge on any atom is 0.328 e. The Morgan fingerprint density at radius 3 is 2.31 bits per heavy atom. The second kappa shape index (κ2) is 6.96. The Bertz CT molecular complexity index is 931. The van der Waals surface area contributed by atoms with Crippen molar-refractivity contribution in [2.75, 3.05) is 6.61 Å². The highest BCUT2D eigenvalue weighted by molar-refractivity contribution is 9.10. The van der Waals surface area contributed by atoms with E-state index in [0.29, 0.717) is 10.6 Å². The van der Waals surface area contributed by atoms with Crippen LogP contribution in [0.25, 0.3) is 0 Å². The van der Waals surface area contributed by atoms with Crippen LogP contribution in [0, 0.1) is 0 Å². The number of rotatable bonds is 5. The van der Waals surface area contributed by atoms with Gasteiger partial charge >= 0.3 is 5.97 Å². The molecule has 1 aliphatic rings. The topological polar surface area (TPSA) is 86.5 Å². The van der Waals surface area contributed by atoms with Gasteiger partial charge in [0.2, 0.25) is 0 Å². The minimum atomic E-state index is -3.86. The predicted octanol–water partition coefficient (Wildman–Crippen LogP) is 3.30. The van der Waals surface area contributed by atoms with Gasteiger partial charge in [-0.2, -0.15) is 0 Å². The molecule has 0 spiro atoms. The molecule has 0 radical (unpaired) electrons. The largest absolute Gasteiger partial charge is 0.465 e. The van der Waals surface area contributed by atoms with Crippen molar-refractivity contribution in [2.45, 2.75) is 28.5 Å². The molecule has 0 heterocycles. The first-order valence-corrected chi connectivity index (χ1v) is 10.7. The second-order valence-electron chi connectivity index (χ2n) is 6.10. The van der Waals surface area contributed by atoms with Crippen LogP contribution in [0.5, 0.6) is 0 Å². The van der Waals surface area contributed by atoms with Gasteiger partial charge in [-0.15, -0.1) is 0 Å². The van der Waals surface area contributed by atoms with Crippen LogP contribution >= 0.6 is 27.5 Å². The molecule has 1 fully saturated rings. The van der Waals surface area contributed by atoms with E-state index in [9.17, 15) is 13.2 Å². The Morgan fingerprint density at radius 2 is 1.77 bits per heavy atom. The molecule has 8 heteroatoms. The van der Waals surface area contributed by atoms with E-state index >= 15 is 0 Å². The number of ether oxygens (including phenoxy) is 1. The zero-order valence-corrected chi connectivity index (χ0v) is 17.0. The minimum absolute atomic E-state index is 0.0747. The summed E-state index contributed by atoms with van der Waals surface area (Å²) in [7, 11) is -3.86. The number of halogens is 2. The first-order valence-electron chi connectivity index (χ1n) is 7.94. The molecule has 0 saturated heterocycles. The highest BCUT2D eigenvalue weighted by Crippen LogP contribution is 2.56. The number of hydrogen-bond donors (Lipinski definition) is 1. The smallest absolute Gasteiger partial charge is 0.328 e. The average molecular weight is 459 g/mol. The Labute approximate surface area is 165 Å². The normalized spacial score (nSPS) is 24.9. The molecule has 0 aromatic heterocycles.